The maximum atomic E-state index is 14.3. The molecule has 0 saturated carbocycles. The van der Waals surface area contributed by atoms with Crippen LogP contribution in [0.4, 0.5) is 8.78 Å². The maximum absolute atomic E-state index is 14.3. The van der Waals surface area contributed by atoms with Crippen molar-refractivity contribution in [3.05, 3.63) is 68.2 Å². The first kappa shape index (κ1) is 15.4. The molecule has 5 heteroatoms. The Labute approximate surface area is 130 Å². The Balaban J connectivity index is 2.55. The number of hydrogen-bond acceptors (Lipinski definition) is 1. The highest BCUT2D eigenvalue weighted by Gasteiger charge is 2.22. The molecule has 2 aromatic carbocycles. The maximum Gasteiger partial charge on any atom is 0.148 e. The van der Waals surface area contributed by atoms with Gasteiger partial charge in [0.05, 0.1) is 11.1 Å². The van der Waals surface area contributed by atoms with Crippen molar-refractivity contribution in [2.45, 2.75) is 13.0 Å². The lowest BCUT2D eigenvalue weighted by Crippen LogP contribution is -2.20. The molecule has 0 aliphatic rings. The van der Waals surface area contributed by atoms with Crippen LogP contribution in [0.3, 0.4) is 0 Å². The minimum absolute atomic E-state index is 0.00438. The second kappa shape index (κ2) is 6.20. The fraction of sp³-hybridized carbons (Fsp3) is 0.200. The van der Waals surface area contributed by atoms with Crippen LogP contribution in [-0.4, -0.2) is 7.05 Å². The molecule has 1 atom stereocenters. The molecule has 0 aliphatic heterocycles. The molecule has 0 bridgehead atoms. The number of hydrogen-bond donors (Lipinski definition) is 1. The zero-order valence-electron chi connectivity index (χ0n) is 11.0. The Morgan fingerprint density at radius 1 is 1.15 bits per heavy atom. The van der Waals surface area contributed by atoms with Crippen LogP contribution >= 0.6 is 27.5 Å². The van der Waals surface area contributed by atoms with E-state index in [0.717, 1.165) is 5.56 Å². The fourth-order valence-electron chi connectivity index (χ4n) is 2.11. The molecule has 1 nitrogen and oxygen atoms in total. The van der Waals surface area contributed by atoms with E-state index < -0.39 is 11.9 Å². The summed E-state index contributed by atoms with van der Waals surface area (Å²) in [6.07, 6.45) is 0. The van der Waals surface area contributed by atoms with Crippen molar-refractivity contribution >= 4 is 27.5 Å². The van der Waals surface area contributed by atoms with Crippen LogP contribution in [0.15, 0.2) is 34.8 Å². The summed E-state index contributed by atoms with van der Waals surface area (Å²) in [6, 6.07) is 7.52. The number of halogens is 4. The van der Waals surface area contributed by atoms with E-state index in [0.29, 0.717) is 15.6 Å². The smallest absolute Gasteiger partial charge is 0.148 e. The van der Waals surface area contributed by atoms with Gasteiger partial charge < -0.3 is 5.32 Å². The van der Waals surface area contributed by atoms with Crippen molar-refractivity contribution in [1.82, 2.24) is 5.32 Å². The zero-order valence-corrected chi connectivity index (χ0v) is 13.3. The molecule has 106 valence electrons. The van der Waals surface area contributed by atoms with Crippen LogP contribution in [0.2, 0.25) is 5.02 Å². The average molecular weight is 361 g/mol. The van der Waals surface area contributed by atoms with Crippen LogP contribution < -0.4 is 5.32 Å². The number of benzene rings is 2. The van der Waals surface area contributed by atoms with Gasteiger partial charge in [0.15, 0.2) is 0 Å². The molecule has 0 amide bonds. The lowest BCUT2D eigenvalue weighted by molar-refractivity contribution is 0.546. The van der Waals surface area contributed by atoms with E-state index in [9.17, 15) is 8.78 Å². The molecule has 0 heterocycles. The van der Waals surface area contributed by atoms with Gasteiger partial charge in [-0.15, -0.1) is 0 Å². The Kier molecular flexibility index (Phi) is 4.78. The van der Waals surface area contributed by atoms with Gasteiger partial charge in [0.25, 0.3) is 0 Å². The molecule has 0 radical (unpaired) electrons. The van der Waals surface area contributed by atoms with Gasteiger partial charge in [-0.25, -0.2) is 8.78 Å². The van der Waals surface area contributed by atoms with Gasteiger partial charge in [-0.3, -0.25) is 0 Å². The predicted octanol–water partition coefficient (Wildman–Crippen LogP) is 5.00. The Bertz CT molecular complexity index is 646. The van der Waals surface area contributed by atoms with Crippen LogP contribution in [0.1, 0.15) is 22.7 Å². The largest absolute Gasteiger partial charge is 0.309 e. The first-order valence-electron chi connectivity index (χ1n) is 6.02. The zero-order chi connectivity index (χ0) is 14.9. The molecule has 0 fully saturated rings. The van der Waals surface area contributed by atoms with Gasteiger partial charge in [0.1, 0.15) is 11.6 Å². The van der Waals surface area contributed by atoms with E-state index in [4.69, 9.17) is 11.6 Å². The summed E-state index contributed by atoms with van der Waals surface area (Å²) in [7, 11) is 1.65. The van der Waals surface area contributed by atoms with Crippen molar-refractivity contribution in [2.75, 3.05) is 7.05 Å². The molecule has 0 aliphatic carbocycles. The van der Waals surface area contributed by atoms with Gasteiger partial charge >= 0.3 is 0 Å². The van der Waals surface area contributed by atoms with Crippen LogP contribution in [0.25, 0.3) is 0 Å². The summed E-state index contributed by atoms with van der Waals surface area (Å²) in [5, 5.41) is 2.92. The van der Waals surface area contributed by atoms with E-state index in [-0.39, 0.29) is 10.8 Å². The molecule has 0 saturated heterocycles. The highest BCUT2D eigenvalue weighted by Crippen LogP contribution is 2.33. The van der Waals surface area contributed by atoms with Crippen molar-refractivity contribution in [2.24, 2.45) is 0 Å². The molecule has 0 spiro atoms. The third kappa shape index (κ3) is 2.87. The third-order valence-corrected chi connectivity index (χ3v) is 4.39. The van der Waals surface area contributed by atoms with Crippen molar-refractivity contribution in [3.63, 3.8) is 0 Å². The summed E-state index contributed by atoms with van der Waals surface area (Å²) >= 11 is 9.06. The van der Waals surface area contributed by atoms with Gasteiger partial charge in [-0.2, -0.15) is 0 Å². The molecule has 1 N–H and O–H groups in total. The lowest BCUT2D eigenvalue weighted by Gasteiger charge is -2.19. The van der Waals surface area contributed by atoms with Gasteiger partial charge in [0, 0.05) is 15.6 Å². The van der Waals surface area contributed by atoms with Crippen LogP contribution in [0.5, 0.6) is 0 Å². The first-order valence-corrected chi connectivity index (χ1v) is 7.19. The minimum atomic E-state index is -0.596. The molecule has 20 heavy (non-hydrogen) atoms. The average Bonchev–Trinajstić information content (AvgIpc) is 2.41. The number of aryl methyl sites for hydroxylation is 1. The SMILES string of the molecule is CNC(c1ccc(C)cc1F)c1ccc(Br)c(Cl)c1F. The topological polar surface area (TPSA) is 12.0 Å². The monoisotopic (exact) mass is 359 g/mol. The second-order valence-corrected chi connectivity index (χ2v) is 5.74. The molecular formula is C15H13BrClF2N. The second-order valence-electron chi connectivity index (χ2n) is 4.51. The standard InChI is InChI=1S/C15H13BrClF2N/c1-8-3-4-9(12(18)7-8)15(20-2)10-5-6-11(16)13(17)14(10)19/h3-7,15,20H,1-2H3. The quantitative estimate of drug-likeness (QED) is 0.760. The van der Waals surface area contributed by atoms with E-state index >= 15 is 0 Å². The molecular weight excluding hydrogens is 348 g/mol. The summed E-state index contributed by atoms with van der Waals surface area (Å²) in [6.45, 7) is 1.80. The molecule has 1 unspecified atom stereocenters. The molecule has 2 rings (SSSR count). The van der Waals surface area contributed by atoms with Crippen LogP contribution in [-0.2, 0) is 0 Å². The lowest BCUT2D eigenvalue weighted by atomic mass is 9.97. The van der Waals surface area contributed by atoms with Gasteiger partial charge in [0.2, 0.25) is 0 Å². The highest BCUT2D eigenvalue weighted by atomic mass is 79.9. The third-order valence-electron chi connectivity index (χ3n) is 3.13. The predicted molar refractivity (Wildman–Crippen MR) is 81.1 cm³/mol. The summed E-state index contributed by atoms with van der Waals surface area (Å²) in [5.74, 6) is -0.928. The fourth-order valence-corrected chi connectivity index (χ4v) is 2.59. The van der Waals surface area contributed by atoms with Crippen LogP contribution in [0, 0.1) is 18.6 Å². The van der Waals surface area contributed by atoms with E-state index in [1.807, 2.05) is 0 Å². The Hall–Kier alpha value is -0.970. The number of rotatable bonds is 3. The Morgan fingerprint density at radius 3 is 2.40 bits per heavy atom. The Morgan fingerprint density at radius 2 is 1.80 bits per heavy atom. The first-order chi connectivity index (χ1) is 9.45. The van der Waals surface area contributed by atoms with Gasteiger partial charge in [-0.1, -0.05) is 29.8 Å². The summed E-state index contributed by atoms with van der Waals surface area (Å²) < 4.78 is 28.8. The normalized spacial score (nSPS) is 12.5. The molecule has 2 aromatic rings. The molecule has 0 aromatic heterocycles. The van der Waals surface area contributed by atoms with Crippen molar-refractivity contribution in [3.8, 4) is 0 Å². The summed E-state index contributed by atoms with van der Waals surface area (Å²) in [4.78, 5) is 0. The summed E-state index contributed by atoms with van der Waals surface area (Å²) in [5.41, 5.74) is 1.51. The van der Waals surface area contributed by atoms with E-state index in [1.165, 1.54) is 6.07 Å². The van der Waals surface area contributed by atoms with Crippen molar-refractivity contribution < 1.29 is 8.78 Å². The van der Waals surface area contributed by atoms with E-state index in [2.05, 4.69) is 21.2 Å². The highest BCUT2D eigenvalue weighted by molar-refractivity contribution is 9.10. The number of nitrogens with one attached hydrogen (secondary N) is 1. The minimum Gasteiger partial charge on any atom is -0.309 e. The van der Waals surface area contributed by atoms with Gasteiger partial charge in [-0.05, 0) is 47.6 Å². The van der Waals surface area contributed by atoms with Crippen molar-refractivity contribution in [1.29, 1.82) is 0 Å². The van der Waals surface area contributed by atoms with E-state index in [1.54, 1.807) is 38.2 Å².